The summed E-state index contributed by atoms with van der Waals surface area (Å²) in [6.07, 6.45) is 6.85. The zero-order valence-electron chi connectivity index (χ0n) is 14.1. The number of hydrogen-bond donors (Lipinski definition) is 2. The third kappa shape index (κ3) is 4.08. The molecule has 0 atom stereocenters. The summed E-state index contributed by atoms with van der Waals surface area (Å²) in [6, 6.07) is 11.2. The topological polar surface area (TPSA) is 71.5 Å². The largest absolute Gasteiger partial charge is 0.490 e. The number of rotatable bonds is 7. The molecule has 7 heteroatoms. The number of benzene rings is 2. The first-order chi connectivity index (χ1) is 12.7. The number of aromatic nitrogens is 2. The number of nitrogens with zero attached hydrogens (tertiary/aromatic N) is 2. The third-order valence-electron chi connectivity index (χ3n) is 3.40. The molecule has 0 saturated heterocycles. The summed E-state index contributed by atoms with van der Waals surface area (Å²) in [5.74, 6) is 3.90. The quantitative estimate of drug-likeness (QED) is 0.374. The normalized spacial score (nSPS) is 10.8. The van der Waals surface area contributed by atoms with E-state index in [1.165, 1.54) is 0 Å². The van der Waals surface area contributed by atoms with Gasteiger partial charge in [-0.2, -0.15) is 5.10 Å². The van der Waals surface area contributed by atoms with Gasteiger partial charge in [-0.3, -0.25) is 0 Å². The number of fused-ring (bicyclic) bond motifs is 1. The number of ether oxygens (including phenoxy) is 2. The molecule has 0 aliphatic carbocycles. The maximum absolute atomic E-state index is 6.28. The molecule has 0 bridgehead atoms. The number of para-hydroxylation sites is 2. The molecule has 3 rings (SSSR count). The molecule has 132 valence electrons. The van der Waals surface area contributed by atoms with Gasteiger partial charge in [0.1, 0.15) is 6.61 Å². The van der Waals surface area contributed by atoms with Crippen molar-refractivity contribution in [3.63, 3.8) is 0 Å². The fraction of sp³-hybridized carbons (Fsp3) is 0.158. The fourth-order valence-electron chi connectivity index (χ4n) is 2.35. The number of imidazole rings is 1. The van der Waals surface area contributed by atoms with Gasteiger partial charge in [-0.05, 0) is 36.8 Å². The van der Waals surface area contributed by atoms with Crippen LogP contribution in [0.2, 0.25) is 5.02 Å². The summed E-state index contributed by atoms with van der Waals surface area (Å²) in [5, 5.41) is 4.58. The Bertz CT molecular complexity index is 942. The van der Waals surface area contributed by atoms with E-state index in [1.807, 2.05) is 31.2 Å². The second-order valence-electron chi connectivity index (χ2n) is 5.23. The van der Waals surface area contributed by atoms with Gasteiger partial charge in [0.2, 0.25) is 5.95 Å². The van der Waals surface area contributed by atoms with Crippen LogP contribution >= 0.6 is 11.6 Å². The van der Waals surface area contributed by atoms with Crippen LogP contribution in [-0.4, -0.2) is 29.4 Å². The van der Waals surface area contributed by atoms with Crippen LogP contribution in [0.1, 0.15) is 12.5 Å². The summed E-state index contributed by atoms with van der Waals surface area (Å²) in [6.45, 7) is 2.46. The minimum atomic E-state index is 0.112. The molecule has 0 saturated carbocycles. The van der Waals surface area contributed by atoms with Crippen LogP contribution in [0, 0.1) is 12.3 Å². The van der Waals surface area contributed by atoms with E-state index in [-0.39, 0.29) is 6.61 Å². The highest BCUT2D eigenvalue weighted by Gasteiger charge is 2.12. The van der Waals surface area contributed by atoms with E-state index in [0.717, 1.165) is 16.6 Å². The summed E-state index contributed by atoms with van der Waals surface area (Å²) < 4.78 is 11.0. The molecule has 3 aromatic rings. The van der Waals surface area contributed by atoms with Gasteiger partial charge in [-0.1, -0.05) is 29.7 Å². The highest BCUT2D eigenvalue weighted by Crippen LogP contribution is 2.36. The predicted molar refractivity (Wildman–Crippen MR) is 104 cm³/mol. The average molecular weight is 369 g/mol. The SMILES string of the molecule is C#CCOc1c(Cl)cc(C=NNc2nc3ccccc3[nH]2)cc1OCC. The maximum Gasteiger partial charge on any atom is 0.222 e. The number of aromatic amines is 1. The standard InChI is InChI=1S/C19H17ClN4O2/c1-3-9-26-18-14(20)10-13(11-17(18)25-4-2)12-21-24-19-22-15-7-5-6-8-16(15)23-19/h1,5-8,10-12H,4,9H2,2H3,(H2,22,23,24). The number of H-pyrrole nitrogens is 1. The zero-order valence-corrected chi connectivity index (χ0v) is 14.9. The number of nitrogens with one attached hydrogen (secondary N) is 2. The van der Waals surface area contributed by atoms with Crippen molar-refractivity contribution in [3.05, 3.63) is 47.0 Å². The molecule has 2 N–H and O–H groups in total. The minimum Gasteiger partial charge on any atom is -0.490 e. The van der Waals surface area contributed by atoms with Gasteiger partial charge < -0.3 is 14.5 Å². The summed E-state index contributed by atoms with van der Waals surface area (Å²) >= 11 is 6.28. The van der Waals surface area contributed by atoms with Crippen molar-refractivity contribution >= 4 is 34.8 Å². The molecular formula is C19H17ClN4O2. The number of anilines is 1. The number of hydrazone groups is 1. The van der Waals surface area contributed by atoms with Crippen molar-refractivity contribution in [2.75, 3.05) is 18.6 Å². The van der Waals surface area contributed by atoms with E-state index < -0.39 is 0 Å². The average Bonchev–Trinajstić information content (AvgIpc) is 3.04. The molecule has 0 radical (unpaired) electrons. The van der Waals surface area contributed by atoms with Crippen LogP contribution in [0.5, 0.6) is 11.5 Å². The molecule has 0 amide bonds. The Morgan fingerprint density at radius 1 is 1.35 bits per heavy atom. The van der Waals surface area contributed by atoms with E-state index in [2.05, 4.69) is 26.4 Å². The van der Waals surface area contributed by atoms with Crippen LogP contribution < -0.4 is 14.9 Å². The van der Waals surface area contributed by atoms with Gasteiger partial charge >= 0.3 is 0 Å². The lowest BCUT2D eigenvalue weighted by Gasteiger charge is -2.12. The first-order valence-electron chi connectivity index (χ1n) is 7.97. The van der Waals surface area contributed by atoms with E-state index >= 15 is 0 Å². The lowest BCUT2D eigenvalue weighted by Crippen LogP contribution is -2.01. The van der Waals surface area contributed by atoms with Crippen LogP contribution in [0.25, 0.3) is 11.0 Å². The van der Waals surface area contributed by atoms with E-state index in [1.54, 1.807) is 18.3 Å². The van der Waals surface area contributed by atoms with Gasteiger partial charge in [0.15, 0.2) is 11.5 Å². The van der Waals surface area contributed by atoms with Gasteiger partial charge in [0.25, 0.3) is 0 Å². The van der Waals surface area contributed by atoms with Crippen LogP contribution in [0.4, 0.5) is 5.95 Å². The molecule has 0 aliphatic heterocycles. The summed E-state index contributed by atoms with van der Waals surface area (Å²) in [4.78, 5) is 7.52. The van der Waals surface area contributed by atoms with Crippen molar-refractivity contribution < 1.29 is 9.47 Å². The summed E-state index contributed by atoms with van der Waals surface area (Å²) in [7, 11) is 0. The van der Waals surface area contributed by atoms with Crippen LogP contribution in [0.15, 0.2) is 41.5 Å². The molecule has 0 spiro atoms. The van der Waals surface area contributed by atoms with E-state index in [4.69, 9.17) is 27.5 Å². The molecule has 2 aromatic carbocycles. The maximum atomic E-state index is 6.28. The van der Waals surface area contributed by atoms with Crippen molar-refractivity contribution in [3.8, 4) is 23.8 Å². The summed E-state index contributed by atoms with van der Waals surface area (Å²) in [5.41, 5.74) is 5.40. The van der Waals surface area contributed by atoms with Gasteiger partial charge in [-0.15, -0.1) is 6.42 Å². The van der Waals surface area contributed by atoms with E-state index in [0.29, 0.717) is 29.1 Å². The van der Waals surface area contributed by atoms with E-state index in [9.17, 15) is 0 Å². The number of terminal acetylenes is 1. The van der Waals surface area contributed by atoms with Crippen molar-refractivity contribution in [2.24, 2.45) is 5.10 Å². The van der Waals surface area contributed by atoms with Crippen LogP contribution in [0.3, 0.4) is 0 Å². The monoisotopic (exact) mass is 368 g/mol. The van der Waals surface area contributed by atoms with Crippen molar-refractivity contribution in [1.29, 1.82) is 0 Å². The highest BCUT2D eigenvalue weighted by atomic mass is 35.5. The molecule has 6 nitrogen and oxygen atoms in total. The Morgan fingerprint density at radius 2 is 2.19 bits per heavy atom. The Labute approximate surface area is 156 Å². The van der Waals surface area contributed by atoms with Crippen LogP contribution in [-0.2, 0) is 0 Å². The predicted octanol–water partition coefficient (Wildman–Crippen LogP) is 4.07. The lowest BCUT2D eigenvalue weighted by molar-refractivity contribution is 0.299. The third-order valence-corrected chi connectivity index (χ3v) is 3.69. The number of halogens is 1. The molecule has 26 heavy (non-hydrogen) atoms. The van der Waals surface area contributed by atoms with Crippen molar-refractivity contribution in [2.45, 2.75) is 6.92 Å². The second-order valence-corrected chi connectivity index (χ2v) is 5.64. The lowest BCUT2D eigenvalue weighted by atomic mass is 10.2. The molecule has 0 unspecified atom stereocenters. The molecule has 1 aromatic heterocycles. The van der Waals surface area contributed by atoms with Gasteiger partial charge in [-0.25, -0.2) is 10.4 Å². The van der Waals surface area contributed by atoms with Crippen molar-refractivity contribution in [1.82, 2.24) is 9.97 Å². The molecular weight excluding hydrogens is 352 g/mol. The molecule has 0 aliphatic rings. The molecule has 1 heterocycles. The molecule has 0 fully saturated rings. The first-order valence-corrected chi connectivity index (χ1v) is 8.35. The smallest absolute Gasteiger partial charge is 0.222 e. The minimum absolute atomic E-state index is 0.112. The Hall–Kier alpha value is -3.17. The second kappa shape index (κ2) is 8.28. The van der Waals surface area contributed by atoms with Gasteiger partial charge in [0.05, 0.1) is 28.9 Å². The Morgan fingerprint density at radius 3 is 2.96 bits per heavy atom. The Kier molecular flexibility index (Phi) is 5.62. The number of hydrogen-bond acceptors (Lipinski definition) is 5. The van der Waals surface area contributed by atoms with Gasteiger partial charge in [0, 0.05) is 0 Å². The fourth-order valence-corrected chi connectivity index (χ4v) is 2.63. The first kappa shape index (κ1) is 17.6. The Balaban J connectivity index is 1.77. The zero-order chi connectivity index (χ0) is 18.4. The highest BCUT2D eigenvalue weighted by molar-refractivity contribution is 6.32.